The zero-order chi connectivity index (χ0) is 21.2. The summed E-state index contributed by atoms with van der Waals surface area (Å²) >= 11 is 1.47. The summed E-state index contributed by atoms with van der Waals surface area (Å²) in [6.07, 6.45) is 0. The van der Waals surface area contributed by atoms with Gasteiger partial charge in [-0.15, -0.1) is 11.3 Å². The lowest BCUT2D eigenvalue weighted by Crippen LogP contribution is -2.36. The highest BCUT2D eigenvalue weighted by molar-refractivity contribution is 7.17. The van der Waals surface area contributed by atoms with Crippen LogP contribution >= 0.6 is 11.3 Å². The summed E-state index contributed by atoms with van der Waals surface area (Å²) in [5.41, 5.74) is 1.87. The van der Waals surface area contributed by atoms with Crippen LogP contribution in [0, 0.1) is 11.6 Å². The van der Waals surface area contributed by atoms with Crippen molar-refractivity contribution in [3.63, 3.8) is 0 Å². The van der Waals surface area contributed by atoms with E-state index in [2.05, 4.69) is 9.88 Å². The van der Waals surface area contributed by atoms with Crippen LogP contribution in [0.25, 0.3) is 21.3 Å². The zero-order valence-corrected chi connectivity index (χ0v) is 17.4. The molecule has 0 saturated carbocycles. The van der Waals surface area contributed by atoms with E-state index < -0.39 is 11.6 Å². The van der Waals surface area contributed by atoms with E-state index in [1.165, 1.54) is 23.5 Å². The van der Waals surface area contributed by atoms with Crippen molar-refractivity contribution in [1.29, 1.82) is 0 Å². The summed E-state index contributed by atoms with van der Waals surface area (Å²) in [5.74, 6) is -1.42. The second-order valence-corrected chi connectivity index (χ2v) is 8.04. The molecule has 5 rings (SSSR count). The minimum absolute atomic E-state index is 0.206. The van der Waals surface area contributed by atoms with E-state index in [1.807, 2.05) is 35.7 Å². The monoisotopic (exact) mass is 439 g/mol. The minimum atomic E-state index is -1.04. The number of hydrogen-bond acceptors (Lipinski definition) is 6. The van der Waals surface area contributed by atoms with Gasteiger partial charge in [0.25, 0.3) is 0 Å². The molecule has 1 aliphatic rings. The first-order valence-corrected chi connectivity index (χ1v) is 10.8. The maximum atomic E-state index is 14.3. The number of aromatic nitrogens is 2. The number of thiophene rings is 1. The van der Waals surface area contributed by atoms with Crippen molar-refractivity contribution in [2.24, 2.45) is 0 Å². The number of hydrogen-bond donors (Lipinski definition) is 0. The van der Waals surface area contributed by atoms with Gasteiger partial charge >= 0.3 is 0 Å². The molecule has 2 aromatic carbocycles. The summed E-state index contributed by atoms with van der Waals surface area (Å²) < 4.78 is 39.4. The number of morpholine rings is 1. The highest BCUT2D eigenvalue weighted by Crippen LogP contribution is 2.40. The predicted octanol–water partition coefficient (Wildman–Crippen LogP) is 5.26. The van der Waals surface area contributed by atoms with Crippen LogP contribution in [-0.2, 0) is 11.3 Å². The van der Waals surface area contributed by atoms with Gasteiger partial charge in [-0.25, -0.2) is 9.37 Å². The second-order valence-electron chi connectivity index (χ2n) is 7.18. The Balaban J connectivity index is 1.61. The number of rotatable bonds is 5. The fourth-order valence-corrected chi connectivity index (χ4v) is 4.51. The van der Waals surface area contributed by atoms with Crippen LogP contribution in [0.4, 0.5) is 8.78 Å². The van der Waals surface area contributed by atoms with Crippen LogP contribution in [-0.4, -0.2) is 41.2 Å². The van der Waals surface area contributed by atoms with Crippen molar-refractivity contribution in [3.05, 3.63) is 71.4 Å². The lowest BCUT2D eigenvalue weighted by atomic mass is 10.1. The Labute approximate surface area is 181 Å². The third-order valence-electron chi connectivity index (χ3n) is 5.12. The van der Waals surface area contributed by atoms with Gasteiger partial charge in [-0.3, -0.25) is 4.90 Å². The first kappa shape index (κ1) is 20.0. The molecule has 4 aromatic rings. The first-order chi connectivity index (χ1) is 15.2. The number of benzene rings is 2. The third-order valence-corrected chi connectivity index (χ3v) is 6.00. The van der Waals surface area contributed by atoms with Crippen molar-refractivity contribution in [2.45, 2.75) is 6.54 Å². The lowest BCUT2D eigenvalue weighted by Gasteiger charge is -2.25. The Hall–Kier alpha value is -2.94. The molecule has 158 valence electrons. The summed E-state index contributed by atoms with van der Waals surface area (Å²) in [5, 5.41) is 2.67. The quantitative estimate of drug-likeness (QED) is 0.425. The highest BCUT2D eigenvalue weighted by Gasteiger charge is 2.21. The maximum absolute atomic E-state index is 14.3. The second kappa shape index (κ2) is 8.66. The van der Waals surface area contributed by atoms with E-state index in [0.29, 0.717) is 31.0 Å². The van der Waals surface area contributed by atoms with Crippen LogP contribution in [0.1, 0.15) is 5.82 Å². The third kappa shape index (κ3) is 4.14. The molecule has 1 fully saturated rings. The molecule has 0 radical (unpaired) electrons. The van der Waals surface area contributed by atoms with Gasteiger partial charge in [0, 0.05) is 24.0 Å². The number of halogens is 2. The van der Waals surface area contributed by atoms with E-state index in [-0.39, 0.29) is 11.6 Å². The fourth-order valence-electron chi connectivity index (χ4n) is 3.55. The van der Waals surface area contributed by atoms with Gasteiger partial charge in [-0.05, 0) is 17.7 Å². The van der Waals surface area contributed by atoms with E-state index in [4.69, 9.17) is 14.5 Å². The average Bonchev–Trinajstić information content (AvgIpc) is 3.22. The Morgan fingerprint density at radius 1 is 1.00 bits per heavy atom. The van der Waals surface area contributed by atoms with Crippen LogP contribution < -0.4 is 4.74 Å². The lowest BCUT2D eigenvalue weighted by molar-refractivity contribution is 0.0330. The van der Waals surface area contributed by atoms with Gasteiger partial charge in [-0.1, -0.05) is 36.4 Å². The molecule has 0 spiro atoms. The molecule has 0 atom stereocenters. The molecule has 0 unspecified atom stereocenters. The molecule has 0 N–H and O–H groups in total. The van der Waals surface area contributed by atoms with E-state index in [0.717, 1.165) is 35.1 Å². The van der Waals surface area contributed by atoms with E-state index >= 15 is 0 Å². The fraction of sp³-hybridized carbons (Fsp3) is 0.217. The molecule has 0 amide bonds. The topological polar surface area (TPSA) is 47.5 Å². The van der Waals surface area contributed by atoms with Gasteiger partial charge in [0.2, 0.25) is 11.7 Å². The van der Waals surface area contributed by atoms with Crippen LogP contribution in [0.5, 0.6) is 11.6 Å². The molecule has 0 aliphatic carbocycles. The average molecular weight is 439 g/mol. The molecule has 1 aliphatic heterocycles. The van der Waals surface area contributed by atoms with Crippen LogP contribution in [0.15, 0.2) is 53.9 Å². The standard InChI is InChI=1S/C23H19F2N3O2S/c24-17-7-4-8-18(21(17)25)30-22-20-16(15-5-2-1-3-6-15)14-31-23(20)27-19(26-22)13-28-9-11-29-12-10-28/h1-8,14H,9-13H2. The number of nitrogens with zero attached hydrogens (tertiary/aromatic N) is 3. The van der Waals surface area contributed by atoms with Gasteiger partial charge in [-0.2, -0.15) is 9.37 Å². The molecule has 3 heterocycles. The van der Waals surface area contributed by atoms with Gasteiger partial charge < -0.3 is 9.47 Å². The van der Waals surface area contributed by atoms with Gasteiger partial charge in [0.1, 0.15) is 10.7 Å². The van der Waals surface area contributed by atoms with Crippen LogP contribution in [0.3, 0.4) is 0 Å². The molecular weight excluding hydrogens is 420 g/mol. The summed E-state index contributed by atoms with van der Waals surface area (Å²) in [7, 11) is 0. The largest absolute Gasteiger partial charge is 0.435 e. The number of fused-ring (bicyclic) bond motifs is 1. The summed E-state index contributed by atoms with van der Waals surface area (Å²) in [4.78, 5) is 12.3. The van der Waals surface area contributed by atoms with Crippen LogP contribution in [0.2, 0.25) is 0 Å². The predicted molar refractivity (Wildman–Crippen MR) is 115 cm³/mol. The van der Waals surface area contributed by atoms with Crippen molar-refractivity contribution < 1.29 is 18.3 Å². The molecule has 8 heteroatoms. The Morgan fingerprint density at radius 3 is 2.61 bits per heavy atom. The molecule has 1 saturated heterocycles. The molecule has 31 heavy (non-hydrogen) atoms. The van der Waals surface area contributed by atoms with Crippen molar-refractivity contribution in [3.8, 4) is 22.8 Å². The SMILES string of the molecule is Fc1cccc(Oc2nc(CN3CCOCC3)nc3scc(-c4ccccc4)c23)c1F. The van der Waals surface area contributed by atoms with Crippen molar-refractivity contribution in [2.75, 3.05) is 26.3 Å². The smallest absolute Gasteiger partial charge is 0.232 e. The van der Waals surface area contributed by atoms with E-state index in [1.54, 1.807) is 0 Å². The maximum Gasteiger partial charge on any atom is 0.232 e. The molecule has 0 bridgehead atoms. The van der Waals surface area contributed by atoms with Crippen molar-refractivity contribution >= 4 is 21.6 Å². The van der Waals surface area contributed by atoms with Crippen molar-refractivity contribution in [1.82, 2.24) is 14.9 Å². The van der Waals surface area contributed by atoms with Gasteiger partial charge in [0.15, 0.2) is 11.6 Å². The zero-order valence-electron chi connectivity index (χ0n) is 16.6. The Kier molecular flexibility index (Phi) is 5.59. The summed E-state index contributed by atoms with van der Waals surface area (Å²) in [6.45, 7) is 3.43. The molecular formula is C23H19F2N3O2S. The Bertz CT molecular complexity index is 1210. The molecule has 2 aromatic heterocycles. The first-order valence-electron chi connectivity index (χ1n) is 9.94. The normalized spacial score (nSPS) is 14.8. The molecule has 5 nitrogen and oxygen atoms in total. The van der Waals surface area contributed by atoms with E-state index in [9.17, 15) is 8.78 Å². The highest BCUT2D eigenvalue weighted by atomic mass is 32.1. The number of ether oxygens (including phenoxy) is 2. The van der Waals surface area contributed by atoms with Gasteiger partial charge in [0.05, 0.1) is 25.1 Å². The Morgan fingerprint density at radius 2 is 1.81 bits per heavy atom. The minimum Gasteiger partial charge on any atom is -0.435 e. The summed E-state index contributed by atoms with van der Waals surface area (Å²) in [6, 6.07) is 13.6.